The van der Waals surface area contributed by atoms with E-state index in [1.165, 1.54) is 33.4 Å². The fraction of sp³-hybridized carbons (Fsp3) is 0.457. The lowest BCUT2D eigenvalue weighted by Crippen LogP contribution is -2.35. The molecule has 4 nitrogen and oxygen atoms in total. The largest absolute Gasteiger partial charge is 0.291 e. The fourth-order valence-electron chi connectivity index (χ4n) is 10.5. The van der Waals surface area contributed by atoms with Gasteiger partial charge in [0.1, 0.15) is 11.6 Å². The molecule has 0 fully saturated rings. The molecular weight excluding hydrogens is 935 g/mol. The van der Waals surface area contributed by atoms with Gasteiger partial charge in [-0.05, 0) is 155 Å². The molecule has 2 aliphatic heterocycles. The van der Waals surface area contributed by atoms with Gasteiger partial charge in [0, 0.05) is 29.2 Å². The highest BCUT2D eigenvalue weighted by Crippen LogP contribution is 2.60. The van der Waals surface area contributed by atoms with E-state index in [1.807, 2.05) is 12.1 Å². The number of nitrogens with zero attached hydrogens (tertiary/aromatic N) is 4. The second-order valence-electron chi connectivity index (χ2n) is 30.3. The molecular formula is C70H90F2N4. The van der Waals surface area contributed by atoms with Crippen molar-refractivity contribution in [2.45, 2.75) is 209 Å². The van der Waals surface area contributed by atoms with Crippen LogP contribution in [0.1, 0.15) is 211 Å². The second kappa shape index (κ2) is 18.4. The molecule has 0 bridgehead atoms. The minimum atomic E-state index is -0.347. The van der Waals surface area contributed by atoms with Crippen molar-refractivity contribution in [2.24, 2.45) is 0 Å². The van der Waals surface area contributed by atoms with Gasteiger partial charge in [-0.1, -0.05) is 197 Å². The summed E-state index contributed by atoms with van der Waals surface area (Å²) in [6, 6.07) is 38.5. The second-order valence-corrected chi connectivity index (χ2v) is 30.3. The third-order valence-corrected chi connectivity index (χ3v) is 15.5. The van der Waals surface area contributed by atoms with Crippen LogP contribution in [0.15, 0.2) is 121 Å². The SMILES string of the molecule is CC(C)(C)c1cc(N2/C(=C3/N(c4cc(C(C)(C)C)cc(C(C)(C)C)c4)c4ccc(F)cc4N3c3cc(C(C)(C)C)ccc3C(C)(C)C)N(c3cc(C(C)(C)C)cc(C(C)(C)C)c3)c3cc(F)ccc32)cc(C(C)(C)C)c1. The Bertz CT molecular complexity index is 3160. The molecule has 0 radical (unpaired) electrons. The molecule has 6 aromatic rings. The Morgan fingerprint density at radius 1 is 0.237 bits per heavy atom. The quantitative estimate of drug-likeness (QED) is 0.174. The number of halogens is 2. The van der Waals surface area contributed by atoms with Crippen molar-refractivity contribution < 1.29 is 8.78 Å². The number of benzene rings is 6. The molecule has 0 N–H and O–H groups in total. The normalized spacial score (nSPS) is 16.0. The van der Waals surface area contributed by atoms with Crippen molar-refractivity contribution in [2.75, 3.05) is 19.6 Å². The van der Waals surface area contributed by atoms with Crippen molar-refractivity contribution >= 4 is 45.5 Å². The van der Waals surface area contributed by atoms with Crippen LogP contribution in [0, 0.1) is 11.6 Å². The summed E-state index contributed by atoms with van der Waals surface area (Å²) in [5.74, 6) is 0.942. The van der Waals surface area contributed by atoms with E-state index < -0.39 is 0 Å². The summed E-state index contributed by atoms with van der Waals surface area (Å²) in [4.78, 5) is 9.45. The highest BCUT2D eigenvalue weighted by molar-refractivity contribution is 6.01. The van der Waals surface area contributed by atoms with E-state index in [9.17, 15) is 0 Å². The van der Waals surface area contributed by atoms with Gasteiger partial charge in [0.25, 0.3) is 0 Å². The van der Waals surface area contributed by atoms with Crippen LogP contribution in [0.4, 0.5) is 54.3 Å². The average molecular weight is 1030 g/mol. The predicted octanol–water partition coefficient (Wildman–Crippen LogP) is 20.8. The van der Waals surface area contributed by atoms with Crippen LogP contribution in [0.3, 0.4) is 0 Å². The van der Waals surface area contributed by atoms with E-state index in [0.29, 0.717) is 5.69 Å². The van der Waals surface area contributed by atoms with Gasteiger partial charge in [0.05, 0.1) is 28.4 Å². The number of hydrogen-bond donors (Lipinski definition) is 0. The maximum Gasteiger partial charge on any atom is 0.166 e. The Morgan fingerprint density at radius 2 is 0.513 bits per heavy atom. The number of hydrogen-bond acceptors (Lipinski definition) is 4. The standard InChI is InChI=1S/C70H90F2N4/c1-63(2,3)43-25-28-55(70(22,23)24)58(40-43)76-60-42-51(72)27-30-57(60)74(53-36-46(66(10,11)12)32-47(37-53)67(13,14)15)62(76)61-73(52-34-44(64(4,5)6)31-45(35-52)65(7,8)9)56-29-26-50(71)41-59(56)75(61)54-38-48(68(16,17)18)33-49(39-54)69(19,20)21/h25-42H,1-24H3/b62-61+. The van der Waals surface area contributed by atoms with E-state index in [2.05, 4.69) is 259 Å². The van der Waals surface area contributed by atoms with Crippen LogP contribution in [-0.2, 0) is 43.3 Å². The molecule has 0 saturated carbocycles. The van der Waals surface area contributed by atoms with Gasteiger partial charge >= 0.3 is 0 Å². The van der Waals surface area contributed by atoms with Crippen LogP contribution < -0.4 is 19.6 Å². The first-order valence-corrected chi connectivity index (χ1v) is 27.7. The molecule has 0 unspecified atom stereocenters. The Balaban J connectivity index is 1.72. The van der Waals surface area contributed by atoms with Crippen LogP contribution in [0.5, 0.6) is 0 Å². The average Bonchev–Trinajstić information content (AvgIpc) is 3.78. The molecule has 0 aromatic heterocycles. The first kappa shape index (κ1) is 56.3. The predicted molar refractivity (Wildman–Crippen MR) is 324 cm³/mol. The summed E-state index contributed by atoms with van der Waals surface area (Å²) in [6.07, 6.45) is 0. The summed E-state index contributed by atoms with van der Waals surface area (Å²) in [5, 5.41) is 0. The highest BCUT2D eigenvalue weighted by atomic mass is 19.1. The third-order valence-electron chi connectivity index (χ3n) is 15.5. The fourth-order valence-corrected chi connectivity index (χ4v) is 10.5. The monoisotopic (exact) mass is 1020 g/mol. The van der Waals surface area contributed by atoms with Gasteiger partial charge in [-0.15, -0.1) is 0 Å². The van der Waals surface area contributed by atoms with E-state index in [0.717, 1.165) is 62.6 Å². The molecule has 0 amide bonds. The van der Waals surface area contributed by atoms with Crippen molar-refractivity contribution in [3.05, 3.63) is 177 Å². The maximum absolute atomic E-state index is 16.8. The van der Waals surface area contributed by atoms with Crippen molar-refractivity contribution in [3.8, 4) is 0 Å². The van der Waals surface area contributed by atoms with Gasteiger partial charge in [-0.3, -0.25) is 19.6 Å². The van der Waals surface area contributed by atoms with Crippen LogP contribution in [-0.4, -0.2) is 0 Å². The minimum absolute atomic E-state index is 0.220. The molecule has 0 atom stereocenters. The van der Waals surface area contributed by atoms with Gasteiger partial charge in [0.15, 0.2) is 11.6 Å². The molecule has 0 spiro atoms. The van der Waals surface area contributed by atoms with Crippen LogP contribution >= 0.6 is 0 Å². The van der Waals surface area contributed by atoms with Crippen LogP contribution in [0.25, 0.3) is 0 Å². The van der Waals surface area contributed by atoms with E-state index in [4.69, 9.17) is 0 Å². The first-order chi connectivity index (χ1) is 34.5. The Hall–Kier alpha value is -5.88. The molecule has 0 saturated heterocycles. The van der Waals surface area contributed by atoms with E-state index >= 15 is 8.78 Å². The maximum atomic E-state index is 16.8. The lowest BCUT2D eigenvalue weighted by atomic mass is 9.80. The van der Waals surface area contributed by atoms with Gasteiger partial charge in [0.2, 0.25) is 0 Å². The number of anilines is 8. The van der Waals surface area contributed by atoms with Crippen molar-refractivity contribution in [3.63, 3.8) is 0 Å². The molecule has 2 aliphatic rings. The highest BCUT2D eigenvalue weighted by Gasteiger charge is 2.47. The van der Waals surface area contributed by atoms with Crippen LogP contribution in [0.2, 0.25) is 0 Å². The molecule has 0 aliphatic carbocycles. The first-order valence-electron chi connectivity index (χ1n) is 27.7. The topological polar surface area (TPSA) is 13.0 Å². The lowest BCUT2D eigenvalue weighted by molar-refractivity contribution is 0.568. The smallest absolute Gasteiger partial charge is 0.166 e. The molecule has 404 valence electrons. The zero-order valence-corrected chi connectivity index (χ0v) is 50.9. The molecule has 6 aromatic carbocycles. The zero-order valence-electron chi connectivity index (χ0n) is 50.9. The minimum Gasteiger partial charge on any atom is -0.291 e. The Kier molecular flexibility index (Phi) is 13.6. The number of rotatable bonds is 4. The lowest BCUT2D eigenvalue weighted by Gasteiger charge is -2.38. The van der Waals surface area contributed by atoms with Crippen molar-refractivity contribution in [1.29, 1.82) is 0 Å². The molecule has 76 heavy (non-hydrogen) atoms. The summed E-state index contributed by atoms with van der Waals surface area (Å²) in [7, 11) is 0. The van der Waals surface area contributed by atoms with Gasteiger partial charge < -0.3 is 0 Å². The molecule has 6 heteroatoms. The summed E-state index contributed by atoms with van der Waals surface area (Å²) < 4.78 is 33.5. The Labute approximate surface area is 458 Å². The van der Waals surface area contributed by atoms with E-state index in [-0.39, 0.29) is 55.0 Å². The van der Waals surface area contributed by atoms with E-state index in [1.54, 1.807) is 24.3 Å². The van der Waals surface area contributed by atoms with Gasteiger partial charge in [-0.25, -0.2) is 8.78 Å². The molecule has 8 rings (SSSR count). The summed E-state index contributed by atoms with van der Waals surface area (Å²) in [5.41, 5.74) is 14.4. The zero-order chi connectivity index (χ0) is 56.6. The molecule has 2 heterocycles. The summed E-state index contributed by atoms with van der Waals surface area (Å²) >= 11 is 0. The van der Waals surface area contributed by atoms with Gasteiger partial charge in [-0.2, -0.15) is 0 Å². The summed E-state index contributed by atoms with van der Waals surface area (Å²) in [6.45, 7) is 54.5. The third kappa shape index (κ3) is 10.7. The Morgan fingerprint density at radius 3 is 0.803 bits per heavy atom. The van der Waals surface area contributed by atoms with Crippen molar-refractivity contribution in [1.82, 2.24) is 0 Å². The number of fused-ring (bicyclic) bond motifs is 2.